The number of benzene rings is 3. The molecule has 1 aromatic heterocycles. The lowest BCUT2D eigenvalue weighted by molar-refractivity contribution is 0.107. The highest BCUT2D eigenvalue weighted by Crippen LogP contribution is 2.42. The summed E-state index contributed by atoms with van der Waals surface area (Å²) in [7, 11) is 0. The van der Waals surface area contributed by atoms with Gasteiger partial charge in [-0.05, 0) is 113 Å². The molecule has 1 N–H and O–H groups in total. The van der Waals surface area contributed by atoms with E-state index in [1.54, 1.807) is 0 Å². The molecule has 2 bridgehead atoms. The highest BCUT2D eigenvalue weighted by atomic mass is 35.5. The fraction of sp³-hybridized carbons (Fsp3) is 0.412. The van der Waals surface area contributed by atoms with Gasteiger partial charge in [-0.1, -0.05) is 35.9 Å². The van der Waals surface area contributed by atoms with Crippen molar-refractivity contribution in [1.82, 2.24) is 14.5 Å². The number of aromatic nitrogens is 2. The van der Waals surface area contributed by atoms with Gasteiger partial charge < -0.3 is 9.88 Å². The topological polar surface area (TPSA) is 53.4 Å². The van der Waals surface area contributed by atoms with Crippen LogP contribution in [0.15, 0.2) is 60.7 Å². The SMILES string of the molecule is Cc1ccc(NC(=O)N(CCCN2[C@@H]3CC[C@@H]2CC(n2c(C)nc4ccccc42)C3)c2ccc(C)c(Cl)c2)cc1C. The van der Waals surface area contributed by atoms with Crippen LogP contribution in [0.5, 0.6) is 0 Å². The van der Waals surface area contributed by atoms with Crippen LogP contribution in [0.3, 0.4) is 0 Å². The van der Waals surface area contributed by atoms with E-state index in [2.05, 4.69) is 59.8 Å². The minimum Gasteiger partial charge on any atom is -0.325 e. The molecule has 6 nitrogen and oxygen atoms in total. The van der Waals surface area contributed by atoms with Crippen LogP contribution >= 0.6 is 11.6 Å². The van der Waals surface area contributed by atoms with Crippen LogP contribution in [0.4, 0.5) is 16.2 Å². The van der Waals surface area contributed by atoms with Gasteiger partial charge in [0.05, 0.1) is 11.0 Å². The first-order valence-corrected chi connectivity index (χ1v) is 15.3. The molecule has 3 aromatic carbocycles. The van der Waals surface area contributed by atoms with E-state index in [4.69, 9.17) is 16.6 Å². The quantitative estimate of drug-likeness (QED) is 0.244. The van der Waals surface area contributed by atoms with Crippen molar-refractivity contribution in [1.29, 1.82) is 0 Å². The summed E-state index contributed by atoms with van der Waals surface area (Å²) in [5, 5.41) is 3.80. The maximum absolute atomic E-state index is 13.6. The maximum Gasteiger partial charge on any atom is 0.326 e. The molecule has 0 saturated carbocycles. The number of hydrogen-bond donors (Lipinski definition) is 1. The number of nitrogens with one attached hydrogen (secondary N) is 1. The molecular formula is C34H40ClN5O. The van der Waals surface area contributed by atoms with E-state index in [-0.39, 0.29) is 6.03 Å². The van der Waals surface area contributed by atoms with E-state index in [1.807, 2.05) is 48.2 Å². The molecule has 2 saturated heterocycles. The van der Waals surface area contributed by atoms with Crippen molar-refractivity contribution in [2.45, 2.75) is 77.9 Å². The number of aryl methyl sites for hydroxylation is 4. The first-order chi connectivity index (χ1) is 19.8. The number of rotatable bonds is 7. The average molecular weight is 570 g/mol. The molecule has 0 spiro atoms. The largest absolute Gasteiger partial charge is 0.326 e. The molecule has 41 heavy (non-hydrogen) atoms. The molecule has 4 aromatic rings. The van der Waals surface area contributed by atoms with E-state index >= 15 is 0 Å². The normalized spacial score (nSPS) is 20.5. The Hall–Kier alpha value is -3.35. The Bertz CT molecular complexity index is 1560. The van der Waals surface area contributed by atoms with Gasteiger partial charge in [-0.2, -0.15) is 0 Å². The van der Waals surface area contributed by atoms with E-state index in [9.17, 15) is 4.79 Å². The lowest BCUT2D eigenvalue weighted by Gasteiger charge is -2.40. The molecule has 3 heterocycles. The second kappa shape index (κ2) is 11.5. The van der Waals surface area contributed by atoms with Crippen LogP contribution in [-0.4, -0.2) is 45.7 Å². The van der Waals surface area contributed by atoms with Crippen molar-refractivity contribution in [2.75, 3.05) is 23.3 Å². The van der Waals surface area contributed by atoms with E-state index < -0.39 is 0 Å². The average Bonchev–Trinajstić information content (AvgIpc) is 3.40. The van der Waals surface area contributed by atoms with Crippen molar-refractivity contribution < 1.29 is 4.79 Å². The summed E-state index contributed by atoms with van der Waals surface area (Å²) < 4.78 is 2.48. The summed E-state index contributed by atoms with van der Waals surface area (Å²) in [5.74, 6) is 1.12. The van der Waals surface area contributed by atoms with Crippen molar-refractivity contribution in [3.05, 3.63) is 88.2 Å². The molecule has 0 unspecified atom stereocenters. The number of nitrogens with zero attached hydrogens (tertiary/aromatic N) is 4. The molecule has 0 radical (unpaired) electrons. The standard InChI is InChI=1S/C34H40ClN5O/c1-22-10-12-26(18-24(22)3)37-34(41)39(29-13-11-23(2)31(35)21-29)17-7-16-38-27-14-15-28(38)20-30(19-27)40-25(4)36-32-8-5-6-9-33(32)40/h5-6,8-13,18,21,27-28,30H,7,14-17,19-20H2,1-4H3,(H,37,41)/t27-,28-/m1/s1. The third-order valence-corrected chi connectivity index (χ3v) is 9.67. The molecule has 214 valence electrons. The Balaban J connectivity index is 1.14. The number of anilines is 2. The summed E-state index contributed by atoms with van der Waals surface area (Å²) >= 11 is 6.49. The zero-order valence-electron chi connectivity index (χ0n) is 24.5. The number of imidazole rings is 1. The summed E-state index contributed by atoms with van der Waals surface area (Å²) in [6.45, 7) is 9.88. The highest BCUT2D eigenvalue weighted by Gasteiger charge is 2.41. The van der Waals surface area contributed by atoms with E-state index in [0.717, 1.165) is 59.7 Å². The van der Waals surface area contributed by atoms with Crippen molar-refractivity contribution in [2.24, 2.45) is 0 Å². The lowest BCUT2D eigenvalue weighted by atomic mass is 9.96. The van der Waals surface area contributed by atoms with Gasteiger partial charge in [0, 0.05) is 47.6 Å². The van der Waals surface area contributed by atoms with E-state index in [0.29, 0.717) is 29.7 Å². The zero-order chi connectivity index (χ0) is 28.7. The van der Waals surface area contributed by atoms with Gasteiger partial charge in [0.2, 0.25) is 0 Å². The van der Waals surface area contributed by atoms with Crippen molar-refractivity contribution >= 4 is 40.0 Å². The lowest BCUT2D eigenvalue weighted by Crippen LogP contribution is -2.45. The second-order valence-corrected chi connectivity index (χ2v) is 12.3. The van der Waals surface area contributed by atoms with Crippen LogP contribution in [0, 0.1) is 27.7 Å². The number of fused-ring (bicyclic) bond motifs is 3. The molecule has 2 amide bonds. The van der Waals surface area contributed by atoms with Crippen LogP contribution in [0.25, 0.3) is 11.0 Å². The second-order valence-electron chi connectivity index (χ2n) is 11.9. The molecule has 2 aliphatic heterocycles. The van der Waals surface area contributed by atoms with Gasteiger partial charge in [-0.3, -0.25) is 9.80 Å². The minimum atomic E-state index is -0.127. The number of urea groups is 1. The Morgan fingerprint density at radius 1 is 0.927 bits per heavy atom. The van der Waals surface area contributed by atoms with Gasteiger partial charge in [0.15, 0.2) is 0 Å². The number of para-hydroxylation sites is 2. The molecule has 2 fully saturated rings. The van der Waals surface area contributed by atoms with Crippen LogP contribution in [0.1, 0.15) is 60.7 Å². The number of carbonyl (C=O) groups excluding carboxylic acids is 1. The van der Waals surface area contributed by atoms with Gasteiger partial charge in [-0.25, -0.2) is 9.78 Å². The monoisotopic (exact) mass is 569 g/mol. The molecule has 2 atom stereocenters. The first-order valence-electron chi connectivity index (χ1n) is 14.9. The van der Waals surface area contributed by atoms with E-state index in [1.165, 1.54) is 23.9 Å². The Labute approximate surface area is 248 Å². The molecule has 7 heteroatoms. The minimum absolute atomic E-state index is 0.127. The van der Waals surface area contributed by atoms with Crippen LogP contribution in [-0.2, 0) is 0 Å². The summed E-state index contributed by atoms with van der Waals surface area (Å²) in [6.07, 6.45) is 5.70. The first kappa shape index (κ1) is 27.8. The van der Waals surface area contributed by atoms with Gasteiger partial charge in [0.1, 0.15) is 5.82 Å². The number of amides is 2. The summed E-state index contributed by atoms with van der Waals surface area (Å²) in [6, 6.07) is 22.0. The smallest absolute Gasteiger partial charge is 0.325 e. The predicted octanol–water partition coefficient (Wildman–Crippen LogP) is 8.22. The molecular weight excluding hydrogens is 530 g/mol. The molecule has 2 aliphatic rings. The predicted molar refractivity (Wildman–Crippen MR) is 169 cm³/mol. The third kappa shape index (κ3) is 5.60. The molecule has 0 aliphatic carbocycles. The van der Waals surface area contributed by atoms with Crippen LogP contribution in [0.2, 0.25) is 5.02 Å². The number of piperidine rings is 1. The highest BCUT2D eigenvalue weighted by molar-refractivity contribution is 6.31. The van der Waals surface area contributed by atoms with Crippen LogP contribution < -0.4 is 10.2 Å². The Morgan fingerprint density at radius 2 is 1.66 bits per heavy atom. The fourth-order valence-electron chi connectivity index (χ4n) is 6.97. The van der Waals surface area contributed by atoms with Gasteiger partial charge >= 0.3 is 6.03 Å². The third-order valence-electron chi connectivity index (χ3n) is 9.27. The van der Waals surface area contributed by atoms with Crippen molar-refractivity contribution in [3.63, 3.8) is 0 Å². The van der Waals surface area contributed by atoms with Crippen molar-refractivity contribution in [3.8, 4) is 0 Å². The number of halogens is 1. The summed E-state index contributed by atoms with van der Waals surface area (Å²) in [4.78, 5) is 23.0. The van der Waals surface area contributed by atoms with Gasteiger partial charge in [0.25, 0.3) is 0 Å². The Kier molecular flexibility index (Phi) is 7.80. The maximum atomic E-state index is 13.6. The molecule has 6 rings (SSSR count). The Morgan fingerprint density at radius 3 is 2.39 bits per heavy atom. The van der Waals surface area contributed by atoms with Gasteiger partial charge in [-0.15, -0.1) is 0 Å². The number of carbonyl (C=O) groups is 1. The zero-order valence-corrected chi connectivity index (χ0v) is 25.3. The summed E-state index contributed by atoms with van der Waals surface area (Å²) in [5.41, 5.74) is 7.35. The number of hydrogen-bond acceptors (Lipinski definition) is 3. The fourth-order valence-corrected chi connectivity index (χ4v) is 7.14.